The Morgan fingerprint density at radius 2 is 2.33 bits per heavy atom. The summed E-state index contributed by atoms with van der Waals surface area (Å²) >= 11 is 0. The standard InChI is InChI=1S/C12H19N3/c1-9-3-4-11(7-9)8-14-12-5-6-13-10(2)15-12/h5-6,9,11H,3-4,7-8H2,1-2H3,(H,13,14,15). The summed E-state index contributed by atoms with van der Waals surface area (Å²) in [6.07, 6.45) is 5.91. The van der Waals surface area contributed by atoms with Gasteiger partial charge in [-0.2, -0.15) is 0 Å². The fraction of sp³-hybridized carbons (Fsp3) is 0.667. The second-order valence-electron chi connectivity index (χ2n) is 4.65. The minimum absolute atomic E-state index is 0.829. The molecule has 0 amide bonds. The molecule has 1 saturated carbocycles. The van der Waals surface area contributed by atoms with Crippen LogP contribution < -0.4 is 5.32 Å². The molecule has 1 aliphatic rings. The quantitative estimate of drug-likeness (QED) is 0.824. The van der Waals surface area contributed by atoms with Crippen LogP contribution in [0.1, 0.15) is 32.0 Å². The van der Waals surface area contributed by atoms with Crippen molar-refractivity contribution < 1.29 is 0 Å². The highest BCUT2D eigenvalue weighted by atomic mass is 15.0. The SMILES string of the molecule is Cc1nccc(NCC2CCC(C)C2)n1. The fourth-order valence-corrected chi connectivity index (χ4v) is 2.31. The van der Waals surface area contributed by atoms with Crippen LogP contribution in [-0.2, 0) is 0 Å². The van der Waals surface area contributed by atoms with Gasteiger partial charge in [-0.05, 0) is 37.7 Å². The molecule has 0 radical (unpaired) electrons. The van der Waals surface area contributed by atoms with Crippen molar-refractivity contribution in [1.82, 2.24) is 9.97 Å². The molecule has 2 unspecified atom stereocenters. The Morgan fingerprint density at radius 1 is 1.47 bits per heavy atom. The van der Waals surface area contributed by atoms with Crippen LogP contribution in [-0.4, -0.2) is 16.5 Å². The van der Waals surface area contributed by atoms with Crippen molar-refractivity contribution >= 4 is 5.82 Å². The van der Waals surface area contributed by atoms with Crippen LogP contribution >= 0.6 is 0 Å². The highest BCUT2D eigenvalue weighted by molar-refractivity contribution is 5.32. The van der Waals surface area contributed by atoms with Gasteiger partial charge >= 0.3 is 0 Å². The van der Waals surface area contributed by atoms with Crippen LogP contribution in [0.5, 0.6) is 0 Å². The highest BCUT2D eigenvalue weighted by Crippen LogP contribution is 2.30. The Labute approximate surface area is 91.3 Å². The molecule has 1 aromatic heterocycles. The topological polar surface area (TPSA) is 37.8 Å². The van der Waals surface area contributed by atoms with E-state index in [-0.39, 0.29) is 0 Å². The summed E-state index contributed by atoms with van der Waals surface area (Å²) in [7, 11) is 0. The first kappa shape index (κ1) is 10.4. The summed E-state index contributed by atoms with van der Waals surface area (Å²) in [6.45, 7) is 5.32. The Bertz CT molecular complexity index is 324. The lowest BCUT2D eigenvalue weighted by Gasteiger charge is -2.11. The van der Waals surface area contributed by atoms with Crippen molar-refractivity contribution in [1.29, 1.82) is 0 Å². The van der Waals surface area contributed by atoms with Gasteiger partial charge in [0.15, 0.2) is 0 Å². The van der Waals surface area contributed by atoms with E-state index in [2.05, 4.69) is 22.2 Å². The molecule has 0 bridgehead atoms. The highest BCUT2D eigenvalue weighted by Gasteiger charge is 2.20. The number of nitrogens with zero attached hydrogens (tertiary/aromatic N) is 2. The summed E-state index contributed by atoms with van der Waals surface area (Å²) in [4.78, 5) is 8.41. The first-order valence-electron chi connectivity index (χ1n) is 5.77. The van der Waals surface area contributed by atoms with Crippen molar-refractivity contribution in [2.24, 2.45) is 11.8 Å². The number of aryl methyl sites for hydroxylation is 1. The van der Waals surface area contributed by atoms with E-state index in [1.807, 2.05) is 19.2 Å². The molecule has 3 heteroatoms. The number of hydrogen-bond acceptors (Lipinski definition) is 3. The van der Waals surface area contributed by atoms with E-state index in [4.69, 9.17) is 0 Å². The Balaban J connectivity index is 1.83. The molecule has 15 heavy (non-hydrogen) atoms. The molecule has 0 aromatic carbocycles. The monoisotopic (exact) mass is 205 g/mol. The van der Waals surface area contributed by atoms with E-state index in [1.165, 1.54) is 19.3 Å². The van der Waals surface area contributed by atoms with E-state index in [0.717, 1.165) is 30.0 Å². The van der Waals surface area contributed by atoms with Gasteiger partial charge in [-0.3, -0.25) is 0 Å². The van der Waals surface area contributed by atoms with Crippen LogP contribution in [0.2, 0.25) is 0 Å². The van der Waals surface area contributed by atoms with Gasteiger partial charge in [0.25, 0.3) is 0 Å². The third-order valence-corrected chi connectivity index (χ3v) is 3.15. The summed E-state index contributed by atoms with van der Waals surface area (Å²) in [5, 5.41) is 3.40. The van der Waals surface area contributed by atoms with Crippen LogP contribution in [0.15, 0.2) is 12.3 Å². The molecule has 1 fully saturated rings. The summed E-state index contributed by atoms with van der Waals surface area (Å²) in [5.74, 6) is 3.53. The first-order valence-corrected chi connectivity index (χ1v) is 5.77. The third-order valence-electron chi connectivity index (χ3n) is 3.15. The molecule has 82 valence electrons. The van der Waals surface area contributed by atoms with Gasteiger partial charge in [-0.25, -0.2) is 9.97 Å². The lowest BCUT2D eigenvalue weighted by molar-refractivity contribution is 0.536. The molecule has 2 atom stereocenters. The maximum atomic E-state index is 4.33. The van der Waals surface area contributed by atoms with Gasteiger partial charge in [0.1, 0.15) is 11.6 Å². The van der Waals surface area contributed by atoms with Crippen LogP contribution in [0.25, 0.3) is 0 Å². The molecule has 0 saturated heterocycles. The minimum atomic E-state index is 0.829. The van der Waals surface area contributed by atoms with Crippen LogP contribution in [0, 0.1) is 18.8 Å². The normalized spacial score (nSPS) is 25.5. The summed E-state index contributed by atoms with van der Waals surface area (Å²) in [5.41, 5.74) is 0. The molecule has 1 N–H and O–H groups in total. The molecule has 1 aromatic rings. The maximum absolute atomic E-state index is 4.33. The molecule has 1 heterocycles. The zero-order valence-corrected chi connectivity index (χ0v) is 9.53. The van der Waals surface area contributed by atoms with Crippen molar-refractivity contribution in [2.45, 2.75) is 33.1 Å². The van der Waals surface area contributed by atoms with Gasteiger partial charge in [0, 0.05) is 12.7 Å². The minimum Gasteiger partial charge on any atom is -0.370 e. The molecule has 3 nitrogen and oxygen atoms in total. The summed E-state index contributed by atoms with van der Waals surface area (Å²) in [6, 6.07) is 1.94. The number of anilines is 1. The lowest BCUT2D eigenvalue weighted by atomic mass is 10.1. The second-order valence-corrected chi connectivity index (χ2v) is 4.65. The van der Waals surface area contributed by atoms with Gasteiger partial charge in [-0.1, -0.05) is 13.3 Å². The molecule has 0 spiro atoms. The van der Waals surface area contributed by atoms with Gasteiger partial charge in [-0.15, -0.1) is 0 Å². The van der Waals surface area contributed by atoms with Crippen molar-refractivity contribution in [2.75, 3.05) is 11.9 Å². The van der Waals surface area contributed by atoms with Crippen LogP contribution in [0.4, 0.5) is 5.82 Å². The van der Waals surface area contributed by atoms with E-state index in [1.54, 1.807) is 0 Å². The number of rotatable bonds is 3. The molecule has 2 rings (SSSR count). The third kappa shape index (κ3) is 2.91. The van der Waals surface area contributed by atoms with Crippen molar-refractivity contribution in [3.63, 3.8) is 0 Å². The number of nitrogens with one attached hydrogen (secondary N) is 1. The van der Waals surface area contributed by atoms with Gasteiger partial charge in [0.2, 0.25) is 0 Å². The van der Waals surface area contributed by atoms with Crippen molar-refractivity contribution in [3.8, 4) is 0 Å². The van der Waals surface area contributed by atoms with Gasteiger partial charge < -0.3 is 5.32 Å². The molecule has 0 aliphatic heterocycles. The van der Waals surface area contributed by atoms with E-state index >= 15 is 0 Å². The fourth-order valence-electron chi connectivity index (χ4n) is 2.31. The molecular weight excluding hydrogens is 186 g/mol. The maximum Gasteiger partial charge on any atom is 0.129 e. The van der Waals surface area contributed by atoms with E-state index < -0.39 is 0 Å². The average Bonchev–Trinajstić information content (AvgIpc) is 2.62. The number of hydrogen-bond donors (Lipinski definition) is 1. The van der Waals surface area contributed by atoms with Crippen LogP contribution in [0.3, 0.4) is 0 Å². The molecule has 1 aliphatic carbocycles. The number of aromatic nitrogens is 2. The zero-order chi connectivity index (χ0) is 10.7. The Kier molecular flexibility index (Phi) is 3.19. The molecular formula is C12H19N3. The predicted octanol–water partition coefficient (Wildman–Crippen LogP) is 2.63. The van der Waals surface area contributed by atoms with E-state index in [0.29, 0.717) is 0 Å². The smallest absolute Gasteiger partial charge is 0.129 e. The second kappa shape index (κ2) is 4.60. The Morgan fingerprint density at radius 3 is 3.00 bits per heavy atom. The largest absolute Gasteiger partial charge is 0.370 e. The Hall–Kier alpha value is -1.12. The summed E-state index contributed by atoms with van der Waals surface area (Å²) < 4.78 is 0. The predicted molar refractivity (Wildman–Crippen MR) is 61.8 cm³/mol. The first-order chi connectivity index (χ1) is 7.24. The van der Waals surface area contributed by atoms with Crippen molar-refractivity contribution in [3.05, 3.63) is 18.1 Å². The average molecular weight is 205 g/mol. The lowest BCUT2D eigenvalue weighted by Crippen LogP contribution is -2.12. The van der Waals surface area contributed by atoms with Gasteiger partial charge in [0.05, 0.1) is 0 Å². The zero-order valence-electron chi connectivity index (χ0n) is 9.53. The van der Waals surface area contributed by atoms with E-state index in [9.17, 15) is 0 Å².